The summed E-state index contributed by atoms with van der Waals surface area (Å²) in [5.41, 5.74) is 2.03. The van der Waals surface area contributed by atoms with Crippen molar-refractivity contribution in [2.45, 2.75) is 19.9 Å². The lowest BCUT2D eigenvalue weighted by molar-refractivity contribution is 0.0790. The third-order valence-electron chi connectivity index (χ3n) is 3.60. The number of carbonyl (C=O) groups excluding carboxylic acids is 1. The van der Waals surface area contributed by atoms with Gasteiger partial charge in [-0.2, -0.15) is 0 Å². The molecule has 2 heterocycles. The Morgan fingerprint density at radius 3 is 2.58 bits per heavy atom. The first kappa shape index (κ1) is 17.3. The monoisotopic (exact) mass is 420 g/mol. The van der Waals surface area contributed by atoms with E-state index in [1.807, 2.05) is 44.3 Å². The fraction of sp³-hybridized carbons (Fsp3) is 0.222. The second-order valence-electron chi connectivity index (χ2n) is 5.55. The fourth-order valence-electron chi connectivity index (χ4n) is 2.41. The first-order valence-corrected chi connectivity index (χ1v) is 9.95. The van der Waals surface area contributed by atoms with Crippen molar-refractivity contribution in [2.75, 3.05) is 7.05 Å². The molecule has 3 aromatic rings. The summed E-state index contributed by atoms with van der Waals surface area (Å²) >= 11 is 6.61. The maximum absolute atomic E-state index is 12.7. The van der Waals surface area contributed by atoms with Crippen molar-refractivity contribution in [2.24, 2.45) is 0 Å². The molecule has 0 aliphatic carbocycles. The molecule has 0 spiro atoms. The van der Waals surface area contributed by atoms with Crippen LogP contribution in [0.2, 0.25) is 0 Å². The number of aromatic nitrogens is 1. The summed E-state index contributed by atoms with van der Waals surface area (Å²) in [4.78, 5) is 21.0. The molecule has 0 bridgehead atoms. The van der Waals surface area contributed by atoms with Gasteiger partial charge in [0.05, 0.1) is 21.0 Å². The molecule has 24 heavy (non-hydrogen) atoms. The van der Waals surface area contributed by atoms with Crippen LogP contribution in [0.4, 0.5) is 0 Å². The summed E-state index contributed by atoms with van der Waals surface area (Å²) in [7, 11) is 1.84. The summed E-state index contributed by atoms with van der Waals surface area (Å²) in [5.74, 6) is 0.0360. The number of rotatable bonds is 5. The standard InChI is InChI=1S/C18H17BrN2OS2/c1-12-17(18(22)21(2)11-14-8-9-15(19)23-14)24-16(20-12)10-13-6-4-3-5-7-13/h3-9H,10-11H2,1-2H3. The minimum atomic E-state index is 0.0360. The van der Waals surface area contributed by atoms with E-state index in [1.54, 1.807) is 16.2 Å². The minimum absolute atomic E-state index is 0.0360. The van der Waals surface area contributed by atoms with Gasteiger partial charge in [-0.25, -0.2) is 4.98 Å². The van der Waals surface area contributed by atoms with Crippen LogP contribution in [0.15, 0.2) is 46.3 Å². The van der Waals surface area contributed by atoms with Crippen molar-refractivity contribution in [1.82, 2.24) is 9.88 Å². The van der Waals surface area contributed by atoms with Crippen LogP contribution in [0.3, 0.4) is 0 Å². The van der Waals surface area contributed by atoms with E-state index in [-0.39, 0.29) is 5.91 Å². The second kappa shape index (κ2) is 7.59. The zero-order valence-electron chi connectivity index (χ0n) is 13.5. The first-order chi connectivity index (χ1) is 11.5. The van der Waals surface area contributed by atoms with Gasteiger partial charge in [0.25, 0.3) is 5.91 Å². The average molecular weight is 421 g/mol. The highest BCUT2D eigenvalue weighted by Gasteiger charge is 2.19. The number of halogens is 1. The molecule has 0 saturated carbocycles. The highest BCUT2D eigenvalue weighted by molar-refractivity contribution is 9.11. The van der Waals surface area contributed by atoms with E-state index >= 15 is 0 Å². The van der Waals surface area contributed by atoms with Gasteiger partial charge in [-0.15, -0.1) is 22.7 Å². The molecule has 0 saturated heterocycles. The van der Waals surface area contributed by atoms with Crippen molar-refractivity contribution in [3.63, 3.8) is 0 Å². The molecule has 0 aliphatic heterocycles. The van der Waals surface area contributed by atoms with Crippen LogP contribution in [0.25, 0.3) is 0 Å². The van der Waals surface area contributed by atoms with Crippen LogP contribution >= 0.6 is 38.6 Å². The highest BCUT2D eigenvalue weighted by atomic mass is 79.9. The quantitative estimate of drug-likeness (QED) is 0.572. The average Bonchev–Trinajstić information content (AvgIpc) is 3.13. The molecule has 0 N–H and O–H groups in total. The van der Waals surface area contributed by atoms with Crippen LogP contribution in [-0.2, 0) is 13.0 Å². The van der Waals surface area contributed by atoms with Crippen LogP contribution in [0.1, 0.15) is 30.8 Å². The fourth-order valence-corrected chi connectivity index (χ4v) is 5.04. The van der Waals surface area contributed by atoms with Crippen LogP contribution < -0.4 is 0 Å². The smallest absolute Gasteiger partial charge is 0.265 e. The number of nitrogens with zero attached hydrogens (tertiary/aromatic N) is 2. The Morgan fingerprint density at radius 2 is 1.92 bits per heavy atom. The molecule has 124 valence electrons. The molecule has 0 radical (unpaired) electrons. The van der Waals surface area contributed by atoms with Crippen LogP contribution in [-0.4, -0.2) is 22.8 Å². The molecule has 3 rings (SSSR count). The Kier molecular flexibility index (Phi) is 5.48. The molecule has 3 nitrogen and oxygen atoms in total. The predicted molar refractivity (Wildman–Crippen MR) is 104 cm³/mol. The molecule has 0 aliphatic rings. The van der Waals surface area contributed by atoms with Crippen molar-refractivity contribution in [3.8, 4) is 0 Å². The third kappa shape index (κ3) is 4.12. The number of thiophene rings is 1. The molecule has 2 aromatic heterocycles. The first-order valence-electron chi connectivity index (χ1n) is 7.53. The van der Waals surface area contributed by atoms with Gasteiger partial charge in [0.2, 0.25) is 0 Å². The van der Waals surface area contributed by atoms with E-state index in [0.29, 0.717) is 6.54 Å². The Hall–Kier alpha value is -1.50. The molecule has 1 aromatic carbocycles. The third-order valence-corrected chi connectivity index (χ3v) is 6.36. The molecule has 0 fully saturated rings. The van der Waals surface area contributed by atoms with Crippen LogP contribution in [0.5, 0.6) is 0 Å². The van der Waals surface area contributed by atoms with E-state index in [9.17, 15) is 4.79 Å². The van der Waals surface area contributed by atoms with Crippen molar-refractivity contribution < 1.29 is 4.79 Å². The molecular weight excluding hydrogens is 404 g/mol. The number of aryl methyl sites for hydroxylation is 1. The number of hydrogen-bond acceptors (Lipinski definition) is 4. The lowest BCUT2D eigenvalue weighted by Gasteiger charge is -2.15. The number of carbonyl (C=O) groups is 1. The van der Waals surface area contributed by atoms with E-state index in [1.165, 1.54) is 16.9 Å². The van der Waals surface area contributed by atoms with Gasteiger partial charge in [0.15, 0.2) is 0 Å². The van der Waals surface area contributed by atoms with E-state index in [0.717, 1.165) is 30.7 Å². The van der Waals surface area contributed by atoms with Gasteiger partial charge in [-0.05, 0) is 40.5 Å². The Morgan fingerprint density at radius 1 is 1.17 bits per heavy atom. The summed E-state index contributed by atoms with van der Waals surface area (Å²) < 4.78 is 1.08. The number of thiazole rings is 1. The predicted octanol–water partition coefficient (Wildman–Crippen LogP) is 5.14. The second-order valence-corrected chi connectivity index (χ2v) is 9.18. The van der Waals surface area contributed by atoms with Gasteiger partial charge >= 0.3 is 0 Å². The number of amides is 1. The van der Waals surface area contributed by atoms with Crippen molar-refractivity contribution >= 4 is 44.5 Å². The lowest BCUT2D eigenvalue weighted by atomic mass is 10.2. The minimum Gasteiger partial charge on any atom is -0.336 e. The number of benzene rings is 1. The Balaban J connectivity index is 1.72. The molecule has 0 unspecified atom stereocenters. The summed E-state index contributed by atoms with van der Waals surface area (Å²) in [5, 5.41) is 0.981. The normalized spacial score (nSPS) is 10.8. The van der Waals surface area contributed by atoms with Gasteiger partial charge in [-0.3, -0.25) is 4.79 Å². The number of hydrogen-bond donors (Lipinski definition) is 0. The van der Waals surface area contributed by atoms with Crippen molar-refractivity contribution in [1.29, 1.82) is 0 Å². The molecule has 6 heteroatoms. The summed E-state index contributed by atoms with van der Waals surface area (Å²) in [6.45, 7) is 2.52. The van der Waals surface area contributed by atoms with Gasteiger partial charge < -0.3 is 4.90 Å². The van der Waals surface area contributed by atoms with E-state index < -0.39 is 0 Å². The van der Waals surface area contributed by atoms with Gasteiger partial charge in [0.1, 0.15) is 4.88 Å². The SMILES string of the molecule is Cc1nc(Cc2ccccc2)sc1C(=O)N(C)Cc1ccc(Br)s1. The van der Waals surface area contributed by atoms with Gasteiger partial charge in [-0.1, -0.05) is 30.3 Å². The molecule has 1 amide bonds. The van der Waals surface area contributed by atoms with Gasteiger partial charge in [0, 0.05) is 18.3 Å². The lowest BCUT2D eigenvalue weighted by Crippen LogP contribution is -2.25. The zero-order valence-corrected chi connectivity index (χ0v) is 16.7. The largest absolute Gasteiger partial charge is 0.336 e. The summed E-state index contributed by atoms with van der Waals surface area (Å²) in [6.07, 6.45) is 0.765. The van der Waals surface area contributed by atoms with Crippen LogP contribution in [0, 0.1) is 6.92 Å². The maximum atomic E-state index is 12.7. The molecule has 0 atom stereocenters. The van der Waals surface area contributed by atoms with Crippen molar-refractivity contribution in [3.05, 3.63) is 72.3 Å². The topological polar surface area (TPSA) is 33.2 Å². The zero-order chi connectivity index (χ0) is 17.1. The van der Waals surface area contributed by atoms with E-state index in [2.05, 4.69) is 33.0 Å². The van der Waals surface area contributed by atoms with E-state index in [4.69, 9.17) is 0 Å². The Labute approximate surface area is 158 Å². The highest BCUT2D eigenvalue weighted by Crippen LogP contribution is 2.25. The Bertz CT molecular complexity index is 842. The maximum Gasteiger partial charge on any atom is 0.265 e. The summed E-state index contributed by atoms with van der Waals surface area (Å²) in [6, 6.07) is 14.3. The molecular formula is C18H17BrN2OS2.